The molecule has 12 heavy (non-hydrogen) atoms. The summed E-state index contributed by atoms with van der Waals surface area (Å²) in [7, 11) is -1.40. The molecule has 0 heterocycles. The van der Waals surface area contributed by atoms with E-state index in [1.54, 1.807) is 12.2 Å². The van der Waals surface area contributed by atoms with Crippen LogP contribution >= 0.6 is 33.2 Å². The van der Waals surface area contributed by atoms with E-state index < -0.39 is 14.1 Å². The van der Waals surface area contributed by atoms with Gasteiger partial charge in [0.15, 0.2) is 7.38 Å². The fraction of sp³-hybridized carbons (Fsp3) is 0.429. The number of halogens is 3. The summed E-state index contributed by atoms with van der Waals surface area (Å²) in [6.07, 6.45) is 0. The maximum Gasteiger partial charge on any atom is 0.270 e. The molecule has 5 heteroatoms. The van der Waals surface area contributed by atoms with Gasteiger partial charge in [0.1, 0.15) is 0 Å². The van der Waals surface area contributed by atoms with Crippen LogP contribution in [0.2, 0.25) is 19.6 Å². The summed E-state index contributed by atoms with van der Waals surface area (Å²) >= 11 is 16.7. The molecule has 0 unspecified atom stereocenters. The van der Waals surface area contributed by atoms with Gasteiger partial charge in [0.05, 0.1) is 0 Å². The summed E-state index contributed by atoms with van der Waals surface area (Å²) in [6, 6.07) is 0. The van der Waals surface area contributed by atoms with Gasteiger partial charge < -0.3 is 0 Å². The Morgan fingerprint density at radius 3 is 1.08 bits per heavy atom. The summed E-state index contributed by atoms with van der Waals surface area (Å²) in [4.78, 5) is 0. The molecule has 0 aliphatic carbocycles. The predicted octanol–water partition coefficient (Wildman–Crippen LogP) is 4.42. The van der Waals surface area contributed by atoms with Crippen molar-refractivity contribution >= 4 is 47.3 Å². The van der Waals surface area contributed by atoms with E-state index in [0.717, 1.165) is 0 Å². The fourth-order valence-electron chi connectivity index (χ4n) is 0. The van der Waals surface area contributed by atoms with Crippen molar-refractivity contribution in [1.82, 2.24) is 0 Å². The summed E-state index contributed by atoms with van der Waals surface area (Å²) in [6.45, 7) is 10.9. The monoisotopic (exact) mass is 260 g/mol. The molecule has 0 nitrogen and oxygen atoms in total. The molecule has 72 valence electrons. The zero-order valence-electron chi connectivity index (χ0n) is 7.70. The van der Waals surface area contributed by atoms with E-state index >= 15 is 0 Å². The average molecular weight is 262 g/mol. The lowest BCUT2D eigenvalue weighted by Crippen LogP contribution is -2.10. The second-order valence-corrected chi connectivity index (χ2v) is 17.0. The van der Waals surface area contributed by atoms with E-state index in [4.69, 9.17) is 33.2 Å². The van der Waals surface area contributed by atoms with Crippen molar-refractivity contribution in [3.8, 4) is 0 Å². The van der Waals surface area contributed by atoms with Crippen LogP contribution in [0.3, 0.4) is 0 Å². The van der Waals surface area contributed by atoms with Gasteiger partial charge in [-0.25, -0.2) is 0 Å². The Kier molecular flexibility index (Phi) is 7.98. The maximum atomic E-state index is 5.74. The normalized spacial score (nSPS) is 11.2. The lowest BCUT2D eigenvalue weighted by atomic mass is 11.3. The lowest BCUT2D eigenvalue weighted by Gasteiger charge is -2.00. The van der Waals surface area contributed by atoms with E-state index in [1.165, 1.54) is 0 Å². The molecule has 0 fully saturated rings. The first-order valence-electron chi connectivity index (χ1n) is 3.46. The van der Waals surface area contributed by atoms with Gasteiger partial charge >= 0.3 is 0 Å². The highest BCUT2D eigenvalue weighted by atomic mass is 35.7. The summed E-state index contributed by atoms with van der Waals surface area (Å²) in [5, 5.41) is 0. The third-order valence-corrected chi connectivity index (χ3v) is 3.92. The molecule has 0 atom stereocenters. The molecule has 0 amide bonds. The summed E-state index contributed by atoms with van der Waals surface area (Å²) in [5.41, 5.74) is 3.45. The molecule has 0 rings (SSSR count). The molecule has 0 aromatic rings. The molecule has 0 aromatic carbocycles. The van der Waals surface area contributed by atoms with Gasteiger partial charge in [-0.3, -0.25) is 0 Å². The van der Waals surface area contributed by atoms with Crippen LogP contribution in [0.15, 0.2) is 24.6 Å². The third kappa shape index (κ3) is 22.4. The van der Waals surface area contributed by atoms with Crippen molar-refractivity contribution in [3.63, 3.8) is 0 Å². The highest BCUT2D eigenvalue weighted by molar-refractivity contribution is 7.47. The first kappa shape index (κ1) is 15.3. The number of hydrogen-bond donors (Lipinski definition) is 0. The van der Waals surface area contributed by atoms with Crippen molar-refractivity contribution in [2.75, 3.05) is 0 Å². The second kappa shape index (κ2) is 6.27. The Balaban J connectivity index is 0. The van der Waals surface area contributed by atoms with Gasteiger partial charge in [0.25, 0.3) is 6.69 Å². The van der Waals surface area contributed by atoms with E-state index in [2.05, 4.69) is 13.2 Å². The maximum absolute atomic E-state index is 5.74. The standard InChI is InChI=1S/C4H9ClSi.C3H6Cl2Si/c1-4-6(2,3)5;1-3-6(2,4)5/h4H,1H2,2-3H3;3H,1H2,2H3. The first-order chi connectivity index (χ1) is 5.12. The predicted molar refractivity (Wildman–Crippen MR) is 67.1 cm³/mol. The highest BCUT2D eigenvalue weighted by Crippen LogP contribution is 2.13. The van der Waals surface area contributed by atoms with Crippen molar-refractivity contribution in [2.45, 2.75) is 19.6 Å². The van der Waals surface area contributed by atoms with Crippen LogP contribution in [0, 0.1) is 0 Å². The summed E-state index contributed by atoms with van der Waals surface area (Å²) in [5.74, 6) is 0. The molecule has 0 bridgehead atoms. The Morgan fingerprint density at radius 2 is 1.08 bits per heavy atom. The Morgan fingerprint density at radius 1 is 0.917 bits per heavy atom. The molecule has 0 saturated carbocycles. The Bertz CT molecular complexity index is 126. The molecule has 0 saturated heterocycles. The van der Waals surface area contributed by atoms with Gasteiger partial charge in [-0.15, -0.1) is 35.3 Å². The minimum atomic E-state index is -1.92. The topological polar surface area (TPSA) is 0 Å². The largest absolute Gasteiger partial charge is 0.270 e. The van der Waals surface area contributed by atoms with Crippen molar-refractivity contribution in [1.29, 1.82) is 0 Å². The van der Waals surface area contributed by atoms with E-state index in [0.29, 0.717) is 0 Å². The Hall–Kier alpha value is 0.784. The minimum Gasteiger partial charge on any atom is -0.162 e. The Labute approximate surface area is 91.3 Å². The van der Waals surface area contributed by atoms with Crippen LogP contribution in [-0.4, -0.2) is 14.1 Å². The van der Waals surface area contributed by atoms with E-state index in [-0.39, 0.29) is 0 Å². The molecule has 0 aliphatic heterocycles. The van der Waals surface area contributed by atoms with Gasteiger partial charge in [0.2, 0.25) is 0 Å². The van der Waals surface area contributed by atoms with Crippen LogP contribution in [0.25, 0.3) is 0 Å². The molecule has 0 radical (unpaired) electrons. The van der Waals surface area contributed by atoms with Crippen LogP contribution in [0.1, 0.15) is 0 Å². The molecule has 0 aliphatic rings. The zero-order valence-corrected chi connectivity index (χ0v) is 12.0. The third-order valence-electron chi connectivity index (χ3n) is 0.844. The van der Waals surface area contributed by atoms with Gasteiger partial charge in [-0.1, -0.05) is 24.5 Å². The quantitative estimate of drug-likeness (QED) is 0.510. The molecular weight excluding hydrogens is 247 g/mol. The molecule has 0 spiro atoms. The van der Waals surface area contributed by atoms with E-state index in [1.807, 2.05) is 18.8 Å². The van der Waals surface area contributed by atoms with E-state index in [9.17, 15) is 0 Å². The second-order valence-electron chi connectivity index (χ2n) is 2.93. The van der Waals surface area contributed by atoms with Crippen molar-refractivity contribution in [2.24, 2.45) is 0 Å². The smallest absolute Gasteiger partial charge is 0.162 e. The zero-order chi connectivity index (χ0) is 10.4. The van der Waals surface area contributed by atoms with Gasteiger partial charge in [-0.05, 0) is 6.55 Å². The minimum absolute atomic E-state index is 1.40. The van der Waals surface area contributed by atoms with Crippen LogP contribution in [0.4, 0.5) is 0 Å². The average Bonchev–Trinajstić information content (AvgIpc) is 1.86. The fourth-order valence-corrected chi connectivity index (χ4v) is 0. The van der Waals surface area contributed by atoms with Crippen LogP contribution in [0.5, 0.6) is 0 Å². The highest BCUT2D eigenvalue weighted by Gasteiger charge is 2.13. The first-order valence-corrected chi connectivity index (χ1v) is 12.2. The molecule has 0 aromatic heterocycles. The van der Waals surface area contributed by atoms with Crippen LogP contribution in [-0.2, 0) is 0 Å². The molecule has 0 N–H and O–H groups in total. The summed E-state index contributed by atoms with van der Waals surface area (Å²) < 4.78 is 0. The van der Waals surface area contributed by atoms with Crippen molar-refractivity contribution in [3.05, 3.63) is 24.6 Å². The van der Waals surface area contributed by atoms with Gasteiger partial charge in [0, 0.05) is 0 Å². The van der Waals surface area contributed by atoms with Gasteiger partial charge in [-0.2, -0.15) is 11.1 Å². The number of rotatable bonds is 2. The SMILES string of the molecule is C=C[Si](C)(C)Cl.C=C[Si](C)(Cl)Cl. The lowest BCUT2D eigenvalue weighted by molar-refractivity contribution is 1.96. The number of hydrogen-bond acceptors (Lipinski definition) is 0. The van der Waals surface area contributed by atoms with Crippen LogP contribution < -0.4 is 0 Å². The molecular formula is C7H15Cl3Si2. The van der Waals surface area contributed by atoms with Crippen molar-refractivity contribution < 1.29 is 0 Å².